The van der Waals surface area contributed by atoms with Crippen molar-refractivity contribution in [2.45, 2.75) is 0 Å². The van der Waals surface area contributed by atoms with Crippen molar-refractivity contribution >= 4 is 87.5 Å². The standard InChI is InChI=1S/C47H28N4O/c1-5-18-40-32(11-1)36-26-27-37-33-12-2-6-19-41(33)50(51-42-20-7-3-13-34(42)39-17-10-28-48-47(39)51)45(37)44(36)49(40)30-24-22-29(23-25-30)31-15-9-16-38-35-14-4-8-21-43(35)52-46(31)38/h1-28H. The summed E-state index contributed by atoms with van der Waals surface area (Å²) in [4.78, 5) is 4.99. The van der Waals surface area contributed by atoms with Crippen molar-refractivity contribution in [1.82, 2.24) is 18.9 Å². The Kier molecular flexibility index (Phi) is 5.44. The van der Waals surface area contributed by atoms with Crippen LogP contribution in [0.1, 0.15) is 0 Å². The molecule has 5 heteroatoms. The van der Waals surface area contributed by atoms with E-state index >= 15 is 0 Å². The first-order chi connectivity index (χ1) is 25.8. The van der Waals surface area contributed by atoms with Crippen LogP contribution in [0.25, 0.3) is 104 Å². The van der Waals surface area contributed by atoms with Crippen molar-refractivity contribution in [3.05, 3.63) is 170 Å². The zero-order valence-corrected chi connectivity index (χ0v) is 27.9. The fourth-order valence-corrected chi connectivity index (χ4v) is 8.70. The van der Waals surface area contributed by atoms with E-state index in [1.165, 1.54) is 26.9 Å². The van der Waals surface area contributed by atoms with E-state index in [1.807, 2.05) is 24.4 Å². The molecule has 0 saturated heterocycles. The van der Waals surface area contributed by atoms with E-state index in [0.29, 0.717) is 0 Å². The molecule has 12 aromatic rings. The topological polar surface area (TPSA) is 40.8 Å². The Morgan fingerprint density at radius 3 is 1.79 bits per heavy atom. The van der Waals surface area contributed by atoms with Gasteiger partial charge in [-0.25, -0.2) is 14.3 Å². The van der Waals surface area contributed by atoms with Gasteiger partial charge in [-0.1, -0.05) is 115 Å². The maximum absolute atomic E-state index is 6.43. The Bertz CT molecular complexity index is 3360. The number of para-hydroxylation sites is 5. The monoisotopic (exact) mass is 664 g/mol. The zero-order valence-electron chi connectivity index (χ0n) is 27.9. The lowest BCUT2D eigenvalue weighted by atomic mass is 10.0. The van der Waals surface area contributed by atoms with Crippen LogP contribution in [-0.2, 0) is 0 Å². The summed E-state index contributed by atoms with van der Waals surface area (Å²) in [7, 11) is 0. The molecule has 5 heterocycles. The van der Waals surface area contributed by atoms with Gasteiger partial charge in [-0.2, -0.15) is 0 Å². The molecule has 0 unspecified atom stereocenters. The third kappa shape index (κ3) is 3.59. The van der Waals surface area contributed by atoms with E-state index in [0.717, 1.165) is 77.4 Å². The lowest BCUT2D eigenvalue weighted by Gasteiger charge is -2.15. The molecule has 0 bridgehead atoms. The number of hydrogen-bond donors (Lipinski definition) is 0. The Morgan fingerprint density at radius 2 is 1.00 bits per heavy atom. The Morgan fingerprint density at radius 1 is 0.404 bits per heavy atom. The number of aromatic nitrogens is 4. The van der Waals surface area contributed by atoms with E-state index in [1.54, 1.807) is 0 Å². The predicted octanol–water partition coefficient (Wildman–Crippen LogP) is 12.3. The van der Waals surface area contributed by atoms with Gasteiger partial charge in [-0.05, 0) is 54.1 Å². The van der Waals surface area contributed by atoms with Crippen LogP contribution in [0.5, 0.6) is 0 Å². The van der Waals surface area contributed by atoms with Crippen molar-refractivity contribution in [3.8, 4) is 16.8 Å². The number of nitrogens with zero attached hydrogens (tertiary/aromatic N) is 4. The van der Waals surface area contributed by atoms with Crippen molar-refractivity contribution in [2.75, 3.05) is 0 Å². The number of benzene rings is 7. The quantitative estimate of drug-likeness (QED) is 0.189. The first-order valence-electron chi connectivity index (χ1n) is 17.6. The van der Waals surface area contributed by atoms with Gasteiger partial charge in [0.05, 0.1) is 27.6 Å². The van der Waals surface area contributed by atoms with Crippen LogP contribution in [0.3, 0.4) is 0 Å². The van der Waals surface area contributed by atoms with Gasteiger partial charge in [0.1, 0.15) is 11.2 Å². The van der Waals surface area contributed by atoms with Gasteiger partial charge in [0.2, 0.25) is 0 Å². The summed E-state index contributed by atoms with van der Waals surface area (Å²) in [5, 5.41) is 9.40. The minimum atomic E-state index is 0.907. The molecule has 0 spiro atoms. The molecule has 0 radical (unpaired) electrons. The van der Waals surface area contributed by atoms with E-state index < -0.39 is 0 Å². The number of pyridine rings is 1. The summed E-state index contributed by atoms with van der Waals surface area (Å²) in [6.45, 7) is 0. The first kappa shape index (κ1) is 27.7. The average molecular weight is 665 g/mol. The molecule has 0 saturated carbocycles. The summed E-state index contributed by atoms with van der Waals surface area (Å²) in [5.41, 5.74) is 11.7. The Balaban J connectivity index is 1.18. The number of furan rings is 1. The van der Waals surface area contributed by atoms with Crippen LogP contribution in [0.2, 0.25) is 0 Å². The first-order valence-corrected chi connectivity index (χ1v) is 17.6. The van der Waals surface area contributed by atoms with Crippen LogP contribution < -0.4 is 0 Å². The Labute approximate surface area is 296 Å². The lowest BCUT2D eigenvalue weighted by Crippen LogP contribution is -2.10. The molecule has 5 aromatic heterocycles. The third-order valence-electron chi connectivity index (χ3n) is 10.9. The summed E-state index contributed by atoms with van der Waals surface area (Å²) in [5.74, 6) is 0. The largest absolute Gasteiger partial charge is 0.455 e. The van der Waals surface area contributed by atoms with Gasteiger partial charge in [-0.3, -0.25) is 0 Å². The van der Waals surface area contributed by atoms with Crippen molar-refractivity contribution in [3.63, 3.8) is 0 Å². The zero-order chi connectivity index (χ0) is 33.9. The fraction of sp³-hybridized carbons (Fsp3) is 0. The normalized spacial score (nSPS) is 12.2. The van der Waals surface area contributed by atoms with Gasteiger partial charge in [-0.15, -0.1) is 0 Å². The Hall–Kier alpha value is -7.11. The van der Waals surface area contributed by atoms with E-state index in [-0.39, 0.29) is 0 Å². The molecule has 0 N–H and O–H groups in total. The highest BCUT2D eigenvalue weighted by Gasteiger charge is 2.23. The van der Waals surface area contributed by atoms with E-state index in [4.69, 9.17) is 9.40 Å². The van der Waals surface area contributed by atoms with Crippen LogP contribution in [0, 0.1) is 0 Å². The number of hydrogen-bond acceptors (Lipinski definition) is 2. The number of rotatable bonds is 3. The predicted molar refractivity (Wildman–Crippen MR) is 215 cm³/mol. The molecule has 0 aliphatic heterocycles. The molecule has 12 rings (SSSR count). The minimum absolute atomic E-state index is 0.907. The summed E-state index contributed by atoms with van der Waals surface area (Å²) < 4.78 is 13.6. The van der Waals surface area contributed by atoms with Crippen LogP contribution in [0.15, 0.2) is 174 Å². The smallest absolute Gasteiger partial charge is 0.160 e. The number of fused-ring (bicyclic) bond motifs is 13. The molecule has 7 aromatic carbocycles. The van der Waals surface area contributed by atoms with Crippen LogP contribution >= 0.6 is 0 Å². The van der Waals surface area contributed by atoms with Gasteiger partial charge < -0.3 is 8.98 Å². The molecular formula is C47H28N4O. The van der Waals surface area contributed by atoms with Crippen molar-refractivity contribution in [1.29, 1.82) is 0 Å². The third-order valence-corrected chi connectivity index (χ3v) is 10.9. The molecule has 52 heavy (non-hydrogen) atoms. The maximum Gasteiger partial charge on any atom is 0.160 e. The average Bonchev–Trinajstić information content (AvgIpc) is 3.94. The van der Waals surface area contributed by atoms with Crippen molar-refractivity contribution < 1.29 is 4.42 Å². The summed E-state index contributed by atoms with van der Waals surface area (Å²) >= 11 is 0. The molecule has 0 aliphatic rings. The second-order valence-corrected chi connectivity index (χ2v) is 13.6. The highest BCUT2D eigenvalue weighted by molar-refractivity contribution is 6.23. The molecule has 0 fully saturated rings. The lowest BCUT2D eigenvalue weighted by molar-refractivity contribution is 0.670. The summed E-state index contributed by atoms with van der Waals surface area (Å²) in [6, 6.07) is 58.6. The van der Waals surface area contributed by atoms with Crippen molar-refractivity contribution in [2.24, 2.45) is 0 Å². The molecule has 5 nitrogen and oxygen atoms in total. The second-order valence-electron chi connectivity index (χ2n) is 13.6. The molecular weight excluding hydrogens is 637 g/mol. The molecule has 0 aliphatic carbocycles. The second kappa shape index (κ2) is 10.2. The van der Waals surface area contributed by atoms with E-state index in [2.05, 4.69) is 160 Å². The van der Waals surface area contributed by atoms with Crippen LogP contribution in [0.4, 0.5) is 0 Å². The molecule has 0 atom stereocenters. The van der Waals surface area contributed by atoms with Gasteiger partial charge in [0.25, 0.3) is 0 Å². The fourth-order valence-electron chi connectivity index (χ4n) is 8.70. The molecule has 242 valence electrons. The minimum Gasteiger partial charge on any atom is -0.455 e. The summed E-state index contributed by atoms with van der Waals surface area (Å²) in [6.07, 6.45) is 1.89. The highest BCUT2D eigenvalue weighted by Crippen LogP contribution is 2.42. The maximum atomic E-state index is 6.43. The highest BCUT2D eigenvalue weighted by atomic mass is 16.3. The van der Waals surface area contributed by atoms with Gasteiger partial charge in [0.15, 0.2) is 5.65 Å². The molecule has 0 amide bonds. The van der Waals surface area contributed by atoms with Gasteiger partial charge in [0, 0.05) is 60.5 Å². The van der Waals surface area contributed by atoms with Gasteiger partial charge >= 0.3 is 0 Å². The van der Waals surface area contributed by atoms with Crippen LogP contribution in [-0.4, -0.2) is 18.9 Å². The SMILES string of the molecule is c1ccc2c(c1)oc1c(-c3ccc(-n4c5ccccc5c5ccc6c7ccccc7n(-n7c8ccccc8c8cccnc87)c6c54)cc3)cccc12. The van der Waals surface area contributed by atoms with E-state index in [9.17, 15) is 0 Å².